The van der Waals surface area contributed by atoms with Crippen LogP contribution in [0, 0.1) is 17.2 Å². The van der Waals surface area contributed by atoms with Crippen molar-refractivity contribution in [2.75, 3.05) is 6.54 Å². The minimum absolute atomic E-state index is 0.260. The normalized spacial score (nSPS) is 46.7. The van der Waals surface area contributed by atoms with Crippen LogP contribution in [0.1, 0.15) is 32.6 Å². The zero-order chi connectivity index (χ0) is 8.55. The van der Waals surface area contributed by atoms with E-state index in [9.17, 15) is 0 Å². The van der Waals surface area contributed by atoms with Crippen molar-refractivity contribution >= 4 is 0 Å². The van der Waals surface area contributed by atoms with E-state index in [4.69, 9.17) is 5.26 Å². The van der Waals surface area contributed by atoms with E-state index in [0.29, 0.717) is 0 Å². The maximum absolute atomic E-state index is 8.70. The largest absolute Gasteiger partial charge is 0.281 e. The summed E-state index contributed by atoms with van der Waals surface area (Å²) in [6, 6.07) is 3.32. The molecule has 1 aliphatic heterocycles. The number of hydrogen-bond acceptors (Lipinski definition) is 2. The van der Waals surface area contributed by atoms with Gasteiger partial charge in [-0.2, -0.15) is 5.26 Å². The molecule has 66 valence electrons. The van der Waals surface area contributed by atoms with Crippen LogP contribution in [0.15, 0.2) is 0 Å². The third-order valence-corrected chi connectivity index (χ3v) is 3.29. The topological polar surface area (TPSA) is 26.8 Å². The molecular formula is C10H16N2. The lowest BCUT2D eigenvalue weighted by Gasteiger charge is -2.29. The molecule has 4 unspecified atom stereocenters. The third kappa shape index (κ3) is 1.34. The maximum Gasteiger partial charge on any atom is 0.111 e. The Bertz CT molecular complexity index is 206. The third-order valence-electron chi connectivity index (χ3n) is 3.29. The van der Waals surface area contributed by atoms with Crippen molar-refractivity contribution in [2.45, 2.75) is 44.7 Å². The van der Waals surface area contributed by atoms with E-state index in [0.717, 1.165) is 18.5 Å². The molecule has 12 heavy (non-hydrogen) atoms. The smallest absolute Gasteiger partial charge is 0.111 e. The second-order valence-corrected chi connectivity index (χ2v) is 4.17. The summed E-state index contributed by atoms with van der Waals surface area (Å²) >= 11 is 0. The van der Waals surface area contributed by atoms with Crippen molar-refractivity contribution in [3.8, 4) is 6.07 Å². The summed E-state index contributed by atoms with van der Waals surface area (Å²) in [4.78, 5) is 2.36. The van der Waals surface area contributed by atoms with Gasteiger partial charge in [-0.1, -0.05) is 19.8 Å². The maximum atomic E-state index is 8.70. The van der Waals surface area contributed by atoms with Gasteiger partial charge in [0.25, 0.3) is 0 Å². The molecule has 0 aromatic carbocycles. The van der Waals surface area contributed by atoms with Gasteiger partial charge in [-0.15, -0.1) is 0 Å². The van der Waals surface area contributed by atoms with E-state index in [1.807, 2.05) is 0 Å². The molecule has 0 amide bonds. The van der Waals surface area contributed by atoms with Crippen LogP contribution in [0.4, 0.5) is 0 Å². The van der Waals surface area contributed by atoms with Crippen LogP contribution in [0.3, 0.4) is 0 Å². The minimum atomic E-state index is 0.260. The van der Waals surface area contributed by atoms with E-state index in [1.54, 1.807) is 0 Å². The van der Waals surface area contributed by atoms with Crippen molar-refractivity contribution in [1.29, 1.82) is 5.26 Å². The molecule has 2 aliphatic rings. The van der Waals surface area contributed by atoms with Crippen LogP contribution in [0.2, 0.25) is 0 Å². The molecule has 2 nitrogen and oxygen atoms in total. The second kappa shape index (κ2) is 3.06. The zero-order valence-electron chi connectivity index (χ0n) is 7.66. The number of hydrogen-bond donors (Lipinski definition) is 0. The molecule has 0 aromatic rings. The molecule has 1 saturated heterocycles. The summed E-state index contributed by atoms with van der Waals surface area (Å²) < 4.78 is 0. The first-order valence-corrected chi connectivity index (χ1v) is 4.98. The van der Waals surface area contributed by atoms with Gasteiger partial charge in [0.1, 0.15) is 6.04 Å². The predicted molar refractivity (Wildman–Crippen MR) is 47.5 cm³/mol. The number of nitrogens with zero attached hydrogens (tertiary/aromatic N) is 2. The van der Waals surface area contributed by atoms with Gasteiger partial charge in [-0.05, 0) is 18.8 Å². The Hall–Kier alpha value is -0.550. The van der Waals surface area contributed by atoms with Gasteiger partial charge >= 0.3 is 0 Å². The summed E-state index contributed by atoms with van der Waals surface area (Å²) in [5, 5.41) is 8.70. The second-order valence-electron chi connectivity index (χ2n) is 4.17. The van der Waals surface area contributed by atoms with Crippen LogP contribution in [-0.4, -0.2) is 23.5 Å². The molecule has 0 aromatic heterocycles. The Kier molecular flexibility index (Phi) is 2.06. The fourth-order valence-corrected chi connectivity index (χ4v) is 2.42. The van der Waals surface area contributed by atoms with E-state index in [-0.39, 0.29) is 6.04 Å². The van der Waals surface area contributed by atoms with E-state index >= 15 is 0 Å². The Balaban J connectivity index is 1.91. The van der Waals surface area contributed by atoms with E-state index in [1.165, 1.54) is 25.7 Å². The lowest BCUT2D eigenvalue weighted by molar-refractivity contribution is 0.214. The lowest BCUT2D eigenvalue weighted by atomic mass is 9.86. The molecule has 1 heterocycles. The van der Waals surface area contributed by atoms with Gasteiger partial charge < -0.3 is 0 Å². The Morgan fingerprint density at radius 2 is 2.08 bits per heavy atom. The Morgan fingerprint density at radius 3 is 2.67 bits per heavy atom. The van der Waals surface area contributed by atoms with E-state index in [2.05, 4.69) is 17.9 Å². The van der Waals surface area contributed by atoms with Crippen LogP contribution < -0.4 is 0 Å². The van der Waals surface area contributed by atoms with Crippen molar-refractivity contribution in [3.05, 3.63) is 0 Å². The van der Waals surface area contributed by atoms with Crippen molar-refractivity contribution < 1.29 is 0 Å². The lowest BCUT2D eigenvalue weighted by Crippen LogP contribution is -2.30. The molecule has 1 aliphatic carbocycles. The van der Waals surface area contributed by atoms with Gasteiger partial charge in [0.05, 0.1) is 6.07 Å². The van der Waals surface area contributed by atoms with Crippen molar-refractivity contribution in [2.24, 2.45) is 5.92 Å². The van der Waals surface area contributed by atoms with Crippen LogP contribution in [-0.2, 0) is 0 Å². The highest BCUT2D eigenvalue weighted by molar-refractivity contribution is 5.09. The summed E-state index contributed by atoms with van der Waals surface area (Å²) in [6.07, 6.45) is 5.44. The van der Waals surface area contributed by atoms with Crippen molar-refractivity contribution in [3.63, 3.8) is 0 Å². The fourth-order valence-electron chi connectivity index (χ4n) is 2.42. The highest BCUT2D eigenvalue weighted by atomic mass is 15.3. The molecule has 2 heteroatoms. The first kappa shape index (κ1) is 8.07. The zero-order valence-corrected chi connectivity index (χ0v) is 7.66. The molecule has 1 saturated carbocycles. The molecule has 2 fully saturated rings. The average Bonchev–Trinajstić information content (AvgIpc) is 2.84. The van der Waals surface area contributed by atoms with Crippen LogP contribution in [0.25, 0.3) is 0 Å². The highest BCUT2D eigenvalue weighted by Gasteiger charge is 2.42. The summed E-state index contributed by atoms with van der Waals surface area (Å²) in [7, 11) is 0. The SMILES string of the molecule is CC1CCCCC1N1CC1C#N. The summed E-state index contributed by atoms with van der Waals surface area (Å²) in [6.45, 7) is 3.36. The van der Waals surface area contributed by atoms with Gasteiger partial charge in [-0.3, -0.25) is 4.90 Å². The molecule has 0 bridgehead atoms. The number of rotatable bonds is 1. The fraction of sp³-hybridized carbons (Fsp3) is 0.900. The van der Waals surface area contributed by atoms with Gasteiger partial charge in [-0.25, -0.2) is 0 Å². The average molecular weight is 164 g/mol. The highest BCUT2D eigenvalue weighted by Crippen LogP contribution is 2.34. The molecule has 4 atom stereocenters. The van der Waals surface area contributed by atoms with Gasteiger partial charge in [0.15, 0.2) is 0 Å². The molecule has 0 radical (unpaired) electrons. The standard InChI is InChI=1S/C10H16N2/c1-8-4-2-3-5-10(8)12-7-9(12)6-11/h8-10H,2-5,7H2,1H3. The Morgan fingerprint density at radius 1 is 1.33 bits per heavy atom. The van der Waals surface area contributed by atoms with Crippen LogP contribution in [0.5, 0.6) is 0 Å². The van der Waals surface area contributed by atoms with Gasteiger partial charge in [0.2, 0.25) is 0 Å². The quantitative estimate of drug-likeness (QED) is 0.552. The monoisotopic (exact) mass is 164 g/mol. The summed E-state index contributed by atoms with van der Waals surface area (Å²) in [5.74, 6) is 0.817. The first-order valence-electron chi connectivity index (χ1n) is 4.98. The minimum Gasteiger partial charge on any atom is -0.281 e. The van der Waals surface area contributed by atoms with Crippen molar-refractivity contribution in [1.82, 2.24) is 4.90 Å². The number of nitriles is 1. The first-order chi connectivity index (χ1) is 5.83. The van der Waals surface area contributed by atoms with Gasteiger partial charge in [0, 0.05) is 12.6 Å². The summed E-state index contributed by atoms with van der Waals surface area (Å²) in [5.41, 5.74) is 0. The molecule has 0 spiro atoms. The Labute approximate surface area is 74.2 Å². The molecule has 0 N–H and O–H groups in total. The van der Waals surface area contributed by atoms with E-state index < -0.39 is 0 Å². The molecule has 2 rings (SSSR count). The molecular weight excluding hydrogens is 148 g/mol. The predicted octanol–water partition coefficient (Wildman–Crippen LogP) is 1.77. The van der Waals surface area contributed by atoms with Crippen LogP contribution >= 0.6 is 0 Å².